The lowest BCUT2D eigenvalue weighted by Crippen LogP contribution is -2.45. The van der Waals surface area contributed by atoms with E-state index in [0.717, 1.165) is 29.1 Å². The average Bonchev–Trinajstić information content (AvgIpc) is 2.79. The molecule has 10 heteroatoms. The number of rotatable bonds is 6. The highest BCUT2D eigenvalue weighted by Gasteiger charge is 2.34. The van der Waals surface area contributed by atoms with Crippen molar-refractivity contribution >= 4 is 35.0 Å². The van der Waals surface area contributed by atoms with Gasteiger partial charge in [0.05, 0.1) is 0 Å². The van der Waals surface area contributed by atoms with Crippen LogP contribution in [0.4, 0.5) is 10.3 Å². The zero-order valence-corrected chi connectivity index (χ0v) is 19.2. The topological polar surface area (TPSA) is 84.9 Å². The number of halogens is 1. The lowest BCUT2D eigenvalue weighted by Gasteiger charge is -2.38. The maximum Gasteiger partial charge on any atom is 0.230 e. The number of ether oxygens (including phenoxy) is 1. The second-order valence-electron chi connectivity index (χ2n) is 7.51. The molecule has 4 rings (SSSR count). The molecule has 0 aliphatic carbocycles. The highest BCUT2D eigenvalue weighted by Crippen LogP contribution is 2.34. The first-order valence-corrected chi connectivity index (χ1v) is 11.4. The predicted octanol–water partition coefficient (Wildman–Crippen LogP) is 3.90. The zero-order chi connectivity index (χ0) is 22.4. The summed E-state index contributed by atoms with van der Waals surface area (Å²) in [4.78, 5) is 17.4. The monoisotopic (exact) mass is 470 g/mol. The van der Waals surface area contributed by atoms with Crippen LogP contribution in [0.2, 0.25) is 0 Å². The SMILES string of the molecule is Cc1cc(Sc2ncccn2)nc(NC(=S)NCC2(c3ccc(F)cc3)CCOCC2)n1. The first-order valence-electron chi connectivity index (χ1n) is 10.2. The third-order valence-corrected chi connectivity index (χ3v) is 6.35. The van der Waals surface area contributed by atoms with Crippen LogP contribution in [0.15, 0.2) is 59.0 Å². The second-order valence-corrected chi connectivity index (χ2v) is 8.91. The molecule has 0 amide bonds. The number of thiocarbonyl (C=S) groups is 1. The molecule has 0 atom stereocenters. The molecule has 3 aromatic rings. The van der Waals surface area contributed by atoms with Gasteiger partial charge < -0.3 is 15.4 Å². The van der Waals surface area contributed by atoms with E-state index in [2.05, 4.69) is 30.6 Å². The normalized spacial score (nSPS) is 15.2. The minimum absolute atomic E-state index is 0.184. The van der Waals surface area contributed by atoms with Gasteiger partial charge in [0.2, 0.25) is 5.95 Å². The van der Waals surface area contributed by atoms with Crippen LogP contribution in [0.25, 0.3) is 0 Å². The number of aryl methyl sites for hydroxylation is 1. The van der Waals surface area contributed by atoms with Gasteiger partial charge in [0.1, 0.15) is 10.8 Å². The smallest absolute Gasteiger partial charge is 0.230 e. The third kappa shape index (κ3) is 5.76. The van der Waals surface area contributed by atoms with Gasteiger partial charge in [-0.1, -0.05) is 12.1 Å². The Hall–Kier alpha value is -2.69. The Bertz CT molecular complexity index is 1060. The quantitative estimate of drug-likeness (QED) is 0.316. The molecule has 2 N–H and O–H groups in total. The molecule has 1 aliphatic rings. The summed E-state index contributed by atoms with van der Waals surface area (Å²) in [5.41, 5.74) is 1.69. The van der Waals surface area contributed by atoms with Crippen molar-refractivity contribution in [1.82, 2.24) is 25.3 Å². The van der Waals surface area contributed by atoms with Crippen molar-refractivity contribution in [3.8, 4) is 0 Å². The van der Waals surface area contributed by atoms with E-state index in [1.165, 1.54) is 23.9 Å². The minimum Gasteiger partial charge on any atom is -0.381 e. The average molecular weight is 471 g/mol. The van der Waals surface area contributed by atoms with Gasteiger partial charge in [-0.25, -0.2) is 24.3 Å². The van der Waals surface area contributed by atoms with Crippen molar-refractivity contribution in [2.24, 2.45) is 0 Å². The fraction of sp³-hybridized carbons (Fsp3) is 0.318. The molecule has 1 aromatic carbocycles. The molecule has 166 valence electrons. The van der Waals surface area contributed by atoms with Crippen LogP contribution in [0.3, 0.4) is 0 Å². The molecule has 0 spiro atoms. The van der Waals surface area contributed by atoms with Gasteiger partial charge in [-0.2, -0.15) is 0 Å². The number of aromatic nitrogens is 4. The summed E-state index contributed by atoms with van der Waals surface area (Å²) in [5, 5.41) is 8.14. The molecule has 2 aromatic heterocycles. The van der Waals surface area contributed by atoms with E-state index in [-0.39, 0.29) is 11.2 Å². The fourth-order valence-electron chi connectivity index (χ4n) is 3.61. The van der Waals surface area contributed by atoms with Gasteiger partial charge in [0, 0.05) is 43.3 Å². The van der Waals surface area contributed by atoms with E-state index in [4.69, 9.17) is 17.0 Å². The van der Waals surface area contributed by atoms with Crippen LogP contribution in [0.1, 0.15) is 24.1 Å². The molecule has 1 aliphatic heterocycles. The van der Waals surface area contributed by atoms with Gasteiger partial charge in [-0.3, -0.25) is 0 Å². The Morgan fingerprint density at radius 1 is 1.16 bits per heavy atom. The summed E-state index contributed by atoms with van der Waals surface area (Å²) in [7, 11) is 0. The number of benzene rings is 1. The van der Waals surface area contributed by atoms with E-state index in [0.29, 0.717) is 36.0 Å². The Kier molecular flexibility index (Phi) is 7.23. The molecule has 0 bridgehead atoms. The van der Waals surface area contributed by atoms with E-state index in [1.54, 1.807) is 18.5 Å². The first kappa shape index (κ1) is 22.5. The van der Waals surface area contributed by atoms with Crippen molar-refractivity contribution in [2.45, 2.75) is 35.4 Å². The summed E-state index contributed by atoms with van der Waals surface area (Å²) in [6.07, 6.45) is 5.03. The van der Waals surface area contributed by atoms with Crippen LogP contribution < -0.4 is 10.6 Å². The van der Waals surface area contributed by atoms with Crippen molar-refractivity contribution in [2.75, 3.05) is 25.1 Å². The zero-order valence-electron chi connectivity index (χ0n) is 17.5. The highest BCUT2D eigenvalue weighted by atomic mass is 32.2. The van der Waals surface area contributed by atoms with Crippen molar-refractivity contribution in [1.29, 1.82) is 0 Å². The molecular weight excluding hydrogens is 447 g/mol. The molecule has 32 heavy (non-hydrogen) atoms. The molecule has 1 saturated heterocycles. The van der Waals surface area contributed by atoms with Gasteiger partial charge >= 0.3 is 0 Å². The van der Waals surface area contributed by atoms with Gasteiger partial charge in [-0.05, 0) is 73.6 Å². The Balaban J connectivity index is 1.43. The van der Waals surface area contributed by atoms with Crippen molar-refractivity contribution in [3.63, 3.8) is 0 Å². The van der Waals surface area contributed by atoms with Gasteiger partial charge in [-0.15, -0.1) is 0 Å². The molecule has 1 fully saturated rings. The van der Waals surface area contributed by atoms with Gasteiger partial charge in [0.15, 0.2) is 10.3 Å². The number of hydrogen-bond acceptors (Lipinski definition) is 7. The summed E-state index contributed by atoms with van der Waals surface area (Å²) in [5.74, 6) is 0.163. The van der Waals surface area contributed by atoms with E-state index >= 15 is 0 Å². The molecule has 3 heterocycles. The number of nitrogens with one attached hydrogen (secondary N) is 2. The van der Waals surface area contributed by atoms with E-state index in [1.807, 2.05) is 25.1 Å². The van der Waals surface area contributed by atoms with Gasteiger partial charge in [0.25, 0.3) is 0 Å². The van der Waals surface area contributed by atoms with E-state index in [9.17, 15) is 4.39 Å². The molecular formula is C22H23FN6OS2. The molecule has 0 saturated carbocycles. The summed E-state index contributed by atoms with van der Waals surface area (Å²) >= 11 is 6.87. The van der Waals surface area contributed by atoms with E-state index < -0.39 is 0 Å². The summed E-state index contributed by atoms with van der Waals surface area (Å²) in [6, 6.07) is 10.3. The van der Waals surface area contributed by atoms with Crippen LogP contribution >= 0.6 is 24.0 Å². The van der Waals surface area contributed by atoms with Crippen LogP contribution in [0.5, 0.6) is 0 Å². The minimum atomic E-state index is -0.243. The third-order valence-electron chi connectivity index (χ3n) is 5.29. The fourth-order valence-corrected chi connectivity index (χ4v) is 4.55. The molecule has 0 unspecified atom stereocenters. The maximum atomic E-state index is 13.4. The molecule has 0 radical (unpaired) electrons. The first-order chi connectivity index (χ1) is 15.5. The maximum absolute atomic E-state index is 13.4. The van der Waals surface area contributed by atoms with Crippen molar-refractivity contribution < 1.29 is 9.13 Å². The Labute approximate surface area is 195 Å². The molecule has 7 nitrogen and oxygen atoms in total. The summed E-state index contributed by atoms with van der Waals surface area (Å²) in [6.45, 7) is 3.80. The standard InChI is InChI=1S/C22H23FN6OS2/c1-15-13-18(32-21-24-9-2-10-25-21)28-19(27-15)29-20(31)26-14-22(7-11-30-12-8-22)16-3-5-17(23)6-4-16/h2-6,9-10,13H,7-8,11-12,14H2,1H3,(H2,26,27,28,29,31). The number of hydrogen-bond donors (Lipinski definition) is 2. The highest BCUT2D eigenvalue weighted by molar-refractivity contribution is 7.99. The Morgan fingerprint density at radius 2 is 1.88 bits per heavy atom. The lowest BCUT2D eigenvalue weighted by molar-refractivity contribution is 0.0515. The van der Waals surface area contributed by atoms with Crippen LogP contribution in [-0.2, 0) is 10.2 Å². The second kappa shape index (κ2) is 10.3. The van der Waals surface area contributed by atoms with Crippen LogP contribution in [0, 0.1) is 12.7 Å². The predicted molar refractivity (Wildman–Crippen MR) is 125 cm³/mol. The lowest BCUT2D eigenvalue weighted by atomic mass is 9.74. The van der Waals surface area contributed by atoms with Crippen molar-refractivity contribution in [3.05, 3.63) is 65.9 Å². The number of anilines is 1. The number of nitrogens with zero attached hydrogens (tertiary/aromatic N) is 4. The Morgan fingerprint density at radius 3 is 2.59 bits per heavy atom. The largest absolute Gasteiger partial charge is 0.381 e. The summed E-state index contributed by atoms with van der Waals surface area (Å²) < 4.78 is 19.0. The van der Waals surface area contributed by atoms with Crippen LogP contribution in [-0.4, -0.2) is 44.8 Å².